The van der Waals surface area contributed by atoms with Gasteiger partial charge in [0.15, 0.2) is 0 Å². The topological polar surface area (TPSA) is 29.5 Å². The van der Waals surface area contributed by atoms with Crippen molar-refractivity contribution in [1.82, 2.24) is 4.90 Å². The number of fused-ring (bicyclic) bond motifs is 1. The average Bonchev–Trinajstić information content (AvgIpc) is 2.99. The smallest absolute Gasteiger partial charge is 0.226 e. The minimum absolute atomic E-state index is 0.265. The van der Waals surface area contributed by atoms with Crippen molar-refractivity contribution in [2.24, 2.45) is 0 Å². The van der Waals surface area contributed by atoms with E-state index in [1.807, 2.05) is 17.0 Å². The number of amides is 1. The summed E-state index contributed by atoms with van der Waals surface area (Å²) < 4.78 is 5.46. The molecule has 3 nitrogen and oxygen atoms in total. The molecule has 1 aromatic carbocycles. The van der Waals surface area contributed by atoms with Gasteiger partial charge in [0.2, 0.25) is 5.91 Å². The third-order valence-corrected chi connectivity index (χ3v) is 3.57. The van der Waals surface area contributed by atoms with Crippen LogP contribution in [0.2, 0.25) is 0 Å². The minimum Gasteiger partial charge on any atom is -0.493 e. The van der Waals surface area contributed by atoms with Crippen LogP contribution in [0.1, 0.15) is 24.0 Å². The number of carbonyl (C=O) groups excluding carboxylic acids is 1. The molecule has 0 bridgehead atoms. The fourth-order valence-corrected chi connectivity index (χ4v) is 2.60. The van der Waals surface area contributed by atoms with E-state index < -0.39 is 0 Å². The molecule has 3 heteroatoms. The number of carbonyl (C=O) groups is 1. The first-order chi connectivity index (χ1) is 8.33. The van der Waals surface area contributed by atoms with Crippen molar-refractivity contribution in [3.63, 3.8) is 0 Å². The van der Waals surface area contributed by atoms with Crippen LogP contribution in [-0.2, 0) is 17.6 Å². The summed E-state index contributed by atoms with van der Waals surface area (Å²) in [5.41, 5.74) is 2.36. The Hall–Kier alpha value is -1.51. The quantitative estimate of drug-likeness (QED) is 0.776. The summed E-state index contributed by atoms with van der Waals surface area (Å²) in [5, 5.41) is 0. The Labute approximate surface area is 101 Å². The highest BCUT2D eigenvalue weighted by atomic mass is 16.5. The number of hydrogen-bond donors (Lipinski definition) is 0. The van der Waals surface area contributed by atoms with Crippen LogP contribution in [0.5, 0.6) is 5.75 Å². The van der Waals surface area contributed by atoms with Crippen molar-refractivity contribution < 1.29 is 9.53 Å². The summed E-state index contributed by atoms with van der Waals surface area (Å²) in [6.07, 6.45) is 3.82. The van der Waals surface area contributed by atoms with Gasteiger partial charge in [-0.25, -0.2) is 0 Å². The zero-order chi connectivity index (χ0) is 11.7. The first-order valence-electron chi connectivity index (χ1n) is 6.35. The number of ether oxygens (including phenoxy) is 1. The van der Waals surface area contributed by atoms with Crippen LogP contribution in [0.15, 0.2) is 18.2 Å². The Morgan fingerprint density at radius 1 is 1.29 bits per heavy atom. The van der Waals surface area contributed by atoms with Crippen LogP contribution in [-0.4, -0.2) is 30.5 Å². The Morgan fingerprint density at radius 3 is 2.94 bits per heavy atom. The molecule has 1 saturated heterocycles. The molecule has 0 radical (unpaired) electrons. The fourth-order valence-electron chi connectivity index (χ4n) is 2.60. The van der Waals surface area contributed by atoms with Gasteiger partial charge >= 0.3 is 0 Å². The lowest BCUT2D eigenvalue weighted by Gasteiger charge is -2.15. The van der Waals surface area contributed by atoms with Crippen LogP contribution >= 0.6 is 0 Å². The molecule has 1 fully saturated rings. The summed E-state index contributed by atoms with van der Waals surface area (Å²) in [5.74, 6) is 1.25. The highest BCUT2D eigenvalue weighted by molar-refractivity contribution is 5.79. The molecule has 0 N–H and O–H groups in total. The van der Waals surface area contributed by atoms with E-state index in [4.69, 9.17) is 4.74 Å². The summed E-state index contributed by atoms with van der Waals surface area (Å²) in [4.78, 5) is 14.0. The molecular weight excluding hydrogens is 214 g/mol. The second kappa shape index (κ2) is 4.40. The van der Waals surface area contributed by atoms with Gasteiger partial charge in [-0.2, -0.15) is 0 Å². The number of benzene rings is 1. The fraction of sp³-hybridized carbons (Fsp3) is 0.500. The molecule has 0 atom stereocenters. The third kappa shape index (κ3) is 2.14. The van der Waals surface area contributed by atoms with Gasteiger partial charge in [-0.3, -0.25) is 4.79 Å². The highest BCUT2D eigenvalue weighted by Gasteiger charge is 2.19. The SMILES string of the molecule is O=C(Cc1ccc2c(c1)CCO2)N1CCCC1. The van der Waals surface area contributed by atoms with Crippen LogP contribution in [0.25, 0.3) is 0 Å². The Balaban J connectivity index is 1.70. The van der Waals surface area contributed by atoms with E-state index >= 15 is 0 Å². The van der Waals surface area contributed by atoms with E-state index in [9.17, 15) is 4.79 Å². The van der Waals surface area contributed by atoms with Gasteiger partial charge in [-0.15, -0.1) is 0 Å². The Kier molecular flexibility index (Phi) is 2.75. The predicted octanol–water partition coefficient (Wildman–Crippen LogP) is 1.79. The minimum atomic E-state index is 0.265. The molecule has 0 saturated carbocycles. The molecule has 1 amide bonds. The van der Waals surface area contributed by atoms with Crippen LogP contribution in [0, 0.1) is 0 Å². The van der Waals surface area contributed by atoms with Gasteiger partial charge in [0.25, 0.3) is 0 Å². The number of hydrogen-bond acceptors (Lipinski definition) is 2. The standard InChI is InChI=1S/C14H17NO2/c16-14(15-6-1-2-7-15)10-11-3-4-13-12(9-11)5-8-17-13/h3-4,9H,1-2,5-8,10H2. The van der Waals surface area contributed by atoms with Crippen molar-refractivity contribution in [2.45, 2.75) is 25.7 Å². The predicted molar refractivity (Wildman–Crippen MR) is 65.2 cm³/mol. The molecule has 3 rings (SSSR count). The molecule has 2 heterocycles. The van der Waals surface area contributed by atoms with Crippen molar-refractivity contribution >= 4 is 5.91 Å². The monoisotopic (exact) mass is 231 g/mol. The molecule has 2 aliphatic rings. The molecule has 0 unspecified atom stereocenters. The first-order valence-corrected chi connectivity index (χ1v) is 6.35. The van der Waals surface area contributed by atoms with Crippen molar-refractivity contribution in [2.75, 3.05) is 19.7 Å². The van der Waals surface area contributed by atoms with Gasteiger partial charge in [0.1, 0.15) is 5.75 Å². The lowest BCUT2D eigenvalue weighted by Crippen LogP contribution is -2.29. The zero-order valence-electron chi connectivity index (χ0n) is 9.95. The van der Waals surface area contributed by atoms with Gasteiger partial charge in [0.05, 0.1) is 13.0 Å². The van der Waals surface area contributed by atoms with E-state index in [1.165, 1.54) is 5.56 Å². The summed E-state index contributed by atoms with van der Waals surface area (Å²) in [7, 11) is 0. The largest absolute Gasteiger partial charge is 0.493 e. The molecule has 0 spiro atoms. The van der Waals surface area contributed by atoms with Crippen molar-refractivity contribution in [1.29, 1.82) is 0 Å². The summed E-state index contributed by atoms with van der Waals surface area (Å²) >= 11 is 0. The van der Waals surface area contributed by atoms with E-state index in [0.29, 0.717) is 6.42 Å². The average molecular weight is 231 g/mol. The molecular formula is C14H17NO2. The number of likely N-dealkylation sites (tertiary alicyclic amines) is 1. The molecule has 0 aromatic heterocycles. The van der Waals surface area contributed by atoms with Gasteiger partial charge in [-0.1, -0.05) is 12.1 Å². The lowest BCUT2D eigenvalue weighted by atomic mass is 10.1. The number of nitrogens with zero attached hydrogens (tertiary/aromatic N) is 1. The summed E-state index contributed by atoms with van der Waals surface area (Å²) in [6, 6.07) is 6.13. The van der Waals surface area contributed by atoms with Crippen LogP contribution in [0.3, 0.4) is 0 Å². The van der Waals surface area contributed by atoms with Gasteiger partial charge in [-0.05, 0) is 30.0 Å². The first kappa shape index (κ1) is 10.6. The lowest BCUT2D eigenvalue weighted by molar-refractivity contribution is -0.129. The van der Waals surface area contributed by atoms with Crippen molar-refractivity contribution in [3.05, 3.63) is 29.3 Å². The highest BCUT2D eigenvalue weighted by Crippen LogP contribution is 2.26. The second-order valence-corrected chi connectivity index (χ2v) is 4.81. The molecule has 1 aromatic rings. The Morgan fingerprint density at radius 2 is 2.12 bits per heavy atom. The van der Waals surface area contributed by atoms with E-state index in [1.54, 1.807) is 0 Å². The van der Waals surface area contributed by atoms with E-state index in [2.05, 4.69) is 6.07 Å². The van der Waals surface area contributed by atoms with Crippen LogP contribution in [0.4, 0.5) is 0 Å². The van der Waals surface area contributed by atoms with Gasteiger partial charge < -0.3 is 9.64 Å². The van der Waals surface area contributed by atoms with Crippen molar-refractivity contribution in [3.8, 4) is 5.75 Å². The molecule has 90 valence electrons. The summed E-state index contributed by atoms with van der Waals surface area (Å²) in [6.45, 7) is 2.65. The second-order valence-electron chi connectivity index (χ2n) is 4.81. The maximum atomic E-state index is 12.0. The number of rotatable bonds is 2. The van der Waals surface area contributed by atoms with E-state index in [-0.39, 0.29) is 5.91 Å². The Bertz CT molecular complexity index is 436. The third-order valence-electron chi connectivity index (χ3n) is 3.57. The molecule has 2 aliphatic heterocycles. The zero-order valence-corrected chi connectivity index (χ0v) is 9.95. The van der Waals surface area contributed by atoms with Crippen LogP contribution < -0.4 is 4.74 Å². The maximum Gasteiger partial charge on any atom is 0.226 e. The maximum absolute atomic E-state index is 12.0. The van der Waals surface area contributed by atoms with Gasteiger partial charge in [0, 0.05) is 19.5 Å². The normalized spacial score (nSPS) is 18.0. The molecule has 17 heavy (non-hydrogen) atoms. The van der Waals surface area contributed by atoms with E-state index in [0.717, 1.165) is 50.3 Å². The molecule has 0 aliphatic carbocycles.